The summed E-state index contributed by atoms with van der Waals surface area (Å²) in [4.78, 5) is 0. The van der Waals surface area contributed by atoms with Crippen molar-refractivity contribution in [2.24, 2.45) is 0 Å². The van der Waals surface area contributed by atoms with Gasteiger partial charge in [-0.15, -0.1) is 0 Å². The van der Waals surface area contributed by atoms with Crippen molar-refractivity contribution in [2.75, 3.05) is 0 Å². The predicted molar refractivity (Wildman–Crippen MR) is 74.1 cm³/mol. The quantitative estimate of drug-likeness (QED) is 0.881. The summed E-state index contributed by atoms with van der Waals surface area (Å²) < 4.78 is 1.03. The predicted octanol–water partition coefficient (Wildman–Crippen LogP) is 4.15. The highest BCUT2D eigenvalue weighted by Gasteiger charge is 2.10. The Hall–Kier alpha value is -1.12. The SMILES string of the molecule is Cc1ccc(C(O)c2ccc(C)c(Br)c2)cc1. The van der Waals surface area contributed by atoms with Crippen LogP contribution in [-0.4, -0.2) is 5.11 Å². The maximum atomic E-state index is 10.3. The molecule has 0 aromatic heterocycles. The second kappa shape index (κ2) is 5.03. The van der Waals surface area contributed by atoms with Crippen molar-refractivity contribution in [1.82, 2.24) is 0 Å². The summed E-state index contributed by atoms with van der Waals surface area (Å²) in [6.07, 6.45) is -0.563. The molecule has 0 aliphatic heterocycles. The van der Waals surface area contributed by atoms with Gasteiger partial charge in [-0.05, 0) is 36.6 Å². The molecule has 0 spiro atoms. The van der Waals surface area contributed by atoms with Gasteiger partial charge in [-0.25, -0.2) is 0 Å². The third-order valence-corrected chi connectivity index (χ3v) is 3.76. The van der Waals surface area contributed by atoms with E-state index in [2.05, 4.69) is 15.9 Å². The molecule has 1 nitrogen and oxygen atoms in total. The minimum absolute atomic E-state index is 0.563. The Balaban J connectivity index is 2.33. The van der Waals surface area contributed by atoms with Crippen LogP contribution < -0.4 is 0 Å². The highest BCUT2D eigenvalue weighted by molar-refractivity contribution is 9.10. The highest BCUT2D eigenvalue weighted by atomic mass is 79.9. The Labute approximate surface area is 110 Å². The Morgan fingerprint density at radius 3 is 2.12 bits per heavy atom. The molecule has 1 unspecified atom stereocenters. The molecule has 2 aromatic rings. The van der Waals surface area contributed by atoms with Crippen LogP contribution in [0.2, 0.25) is 0 Å². The summed E-state index contributed by atoms with van der Waals surface area (Å²) >= 11 is 3.49. The van der Waals surface area contributed by atoms with Crippen LogP contribution in [-0.2, 0) is 0 Å². The van der Waals surface area contributed by atoms with E-state index in [4.69, 9.17) is 0 Å². The van der Waals surface area contributed by atoms with Gasteiger partial charge >= 0.3 is 0 Å². The van der Waals surface area contributed by atoms with Crippen molar-refractivity contribution in [3.63, 3.8) is 0 Å². The standard InChI is InChI=1S/C15H15BrO/c1-10-3-6-12(7-4-10)15(17)13-8-5-11(2)14(16)9-13/h3-9,15,17H,1-2H3. The molecule has 0 heterocycles. The Kier molecular flexibility index (Phi) is 3.65. The van der Waals surface area contributed by atoms with Gasteiger partial charge in [0.1, 0.15) is 6.10 Å². The summed E-state index contributed by atoms with van der Waals surface area (Å²) in [7, 11) is 0. The van der Waals surface area contributed by atoms with Crippen LogP contribution in [0, 0.1) is 13.8 Å². The van der Waals surface area contributed by atoms with Crippen molar-refractivity contribution >= 4 is 15.9 Å². The Bertz CT molecular complexity index is 517. The van der Waals surface area contributed by atoms with Crippen LogP contribution in [0.3, 0.4) is 0 Å². The molecule has 0 saturated carbocycles. The molecule has 0 fully saturated rings. The van der Waals surface area contributed by atoms with E-state index in [1.165, 1.54) is 11.1 Å². The van der Waals surface area contributed by atoms with Crippen LogP contribution in [0.5, 0.6) is 0 Å². The molecular weight excluding hydrogens is 276 g/mol. The van der Waals surface area contributed by atoms with Gasteiger partial charge in [-0.1, -0.05) is 57.9 Å². The first-order valence-electron chi connectivity index (χ1n) is 5.58. The number of aliphatic hydroxyl groups excluding tert-OH is 1. The molecule has 0 radical (unpaired) electrons. The molecule has 0 bridgehead atoms. The molecule has 0 saturated heterocycles. The maximum absolute atomic E-state index is 10.3. The zero-order valence-corrected chi connectivity index (χ0v) is 11.5. The molecule has 88 valence electrons. The molecule has 2 rings (SSSR count). The average molecular weight is 291 g/mol. The smallest absolute Gasteiger partial charge is 0.104 e. The highest BCUT2D eigenvalue weighted by Crippen LogP contribution is 2.26. The minimum atomic E-state index is -0.563. The van der Waals surface area contributed by atoms with Crippen molar-refractivity contribution in [3.8, 4) is 0 Å². The molecule has 0 aliphatic carbocycles. The van der Waals surface area contributed by atoms with E-state index in [-0.39, 0.29) is 0 Å². The second-order valence-electron chi connectivity index (χ2n) is 4.32. The molecule has 2 heteroatoms. The number of rotatable bonds is 2. The van der Waals surface area contributed by atoms with E-state index in [1.807, 2.05) is 56.3 Å². The lowest BCUT2D eigenvalue weighted by molar-refractivity contribution is 0.220. The number of halogens is 1. The monoisotopic (exact) mass is 290 g/mol. The van der Waals surface area contributed by atoms with E-state index >= 15 is 0 Å². The first-order valence-corrected chi connectivity index (χ1v) is 6.38. The molecule has 1 atom stereocenters. The van der Waals surface area contributed by atoms with Gasteiger partial charge < -0.3 is 5.11 Å². The third-order valence-electron chi connectivity index (χ3n) is 2.90. The lowest BCUT2D eigenvalue weighted by atomic mass is 10.00. The lowest BCUT2D eigenvalue weighted by Crippen LogP contribution is -1.99. The zero-order chi connectivity index (χ0) is 12.4. The average Bonchev–Trinajstić information content (AvgIpc) is 2.33. The fraction of sp³-hybridized carbons (Fsp3) is 0.200. The van der Waals surface area contributed by atoms with E-state index < -0.39 is 6.10 Å². The summed E-state index contributed by atoms with van der Waals surface area (Å²) in [5, 5.41) is 10.3. The van der Waals surface area contributed by atoms with Crippen molar-refractivity contribution in [2.45, 2.75) is 20.0 Å². The van der Waals surface area contributed by atoms with E-state index in [1.54, 1.807) is 0 Å². The zero-order valence-electron chi connectivity index (χ0n) is 9.94. The number of aliphatic hydroxyl groups is 1. The van der Waals surface area contributed by atoms with E-state index in [0.717, 1.165) is 15.6 Å². The van der Waals surface area contributed by atoms with Gasteiger partial charge in [0.15, 0.2) is 0 Å². The van der Waals surface area contributed by atoms with Gasteiger partial charge in [-0.3, -0.25) is 0 Å². The Morgan fingerprint density at radius 1 is 0.941 bits per heavy atom. The maximum Gasteiger partial charge on any atom is 0.104 e. The normalized spacial score (nSPS) is 12.5. The topological polar surface area (TPSA) is 20.2 Å². The summed E-state index contributed by atoms with van der Waals surface area (Å²) in [5.74, 6) is 0. The van der Waals surface area contributed by atoms with E-state index in [0.29, 0.717) is 0 Å². The van der Waals surface area contributed by atoms with Crippen LogP contribution in [0.1, 0.15) is 28.4 Å². The minimum Gasteiger partial charge on any atom is -0.384 e. The van der Waals surface area contributed by atoms with Crippen LogP contribution >= 0.6 is 15.9 Å². The van der Waals surface area contributed by atoms with Gasteiger partial charge in [-0.2, -0.15) is 0 Å². The molecule has 2 aromatic carbocycles. The first-order chi connectivity index (χ1) is 8.08. The largest absolute Gasteiger partial charge is 0.384 e. The van der Waals surface area contributed by atoms with Gasteiger partial charge in [0.25, 0.3) is 0 Å². The van der Waals surface area contributed by atoms with Crippen molar-refractivity contribution in [3.05, 3.63) is 69.2 Å². The number of hydrogen-bond acceptors (Lipinski definition) is 1. The molecule has 17 heavy (non-hydrogen) atoms. The van der Waals surface area contributed by atoms with Crippen LogP contribution in [0.4, 0.5) is 0 Å². The summed E-state index contributed by atoms with van der Waals surface area (Å²) in [5.41, 5.74) is 4.20. The third kappa shape index (κ3) is 2.76. The fourth-order valence-corrected chi connectivity index (χ4v) is 2.12. The number of hydrogen-bond donors (Lipinski definition) is 1. The fourth-order valence-electron chi connectivity index (χ4n) is 1.72. The van der Waals surface area contributed by atoms with Crippen LogP contribution in [0.25, 0.3) is 0 Å². The van der Waals surface area contributed by atoms with Gasteiger partial charge in [0.2, 0.25) is 0 Å². The van der Waals surface area contributed by atoms with E-state index in [9.17, 15) is 5.11 Å². The second-order valence-corrected chi connectivity index (χ2v) is 5.18. The molecule has 1 N–H and O–H groups in total. The lowest BCUT2D eigenvalue weighted by Gasteiger charge is -2.13. The van der Waals surface area contributed by atoms with Crippen LogP contribution in [0.15, 0.2) is 46.9 Å². The Morgan fingerprint density at radius 2 is 1.53 bits per heavy atom. The molecule has 0 aliphatic rings. The number of benzene rings is 2. The molecular formula is C15H15BrO. The van der Waals surface area contributed by atoms with Crippen molar-refractivity contribution < 1.29 is 5.11 Å². The summed E-state index contributed by atoms with van der Waals surface area (Å²) in [6.45, 7) is 4.07. The van der Waals surface area contributed by atoms with Crippen molar-refractivity contribution in [1.29, 1.82) is 0 Å². The number of aryl methyl sites for hydroxylation is 2. The molecule has 0 amide bonds. The summed E-state index contributed by atoms with van der Waals surface area (Å²) in [6, 6.07) is 13.9. The van der Waals surface area contributed by atoms with Gasteiger partial charge in [0, 0.05) is 4.47 Å². The van der Waals surface area contributed by atoms with Gasteiger partial charge in [0.05, 0.1) is 0 Å². The first kappa shape index (κ1) is 12.3.